The quantitative estimate of drug-likeness (QED) is 0.0749. The molecule has 3 saturated heterocycles. The minimum absolute atomic E-state index is 0.0142. The van der Waals surface area contributed by atoms with Gasteiger partial charge in [0.25, 0.3) is 11.7 Å². The highest BCUT2D eigenvalue weighted by Gasteiger charge is 2.53. The van der Waals surface area contributed by atoms with Gasteiger partial charge in [-0.1, -0.05) is 71.1 Å². The number of nitrogens with one attached hydrogen (secondary N) is 1. The number of likely N-dealkylation sites (N-methyl/N-ethyl adjacent to an activating group) is 1. The average Bonchev–Trinajstić information content (AvgIpc) is 3.47. The number of alkyl carbamates (subject to hydrolysis) is 1. The Morgan fingerprint density at radius 2 is 1.56 bits per heavy atom. The van der Waals surface area contributed by atoms with Crippen LogP contribution in [0, 0.1) is 35.5 Å². The van der Waals surface area contributed by atoms with Gasteiger partial charge < -0.3 is 63.4 Å². The topological polar surface area (TPSA) is 207 Å². The van der Waals surface area contributed by atoms with Crippen molar-refractivity contribution in [3.63, 3.8) is 0 Å². The summed E-state index contributed by atoms with van der Waals surface area (Å²) in [5.74, 6) is -6.01. The summed E-state index contributed by atoms with van der Waals surface area (Å²) in [5.41, 5.74) is 2.35. The van der Waals surface area contributed by atoms with Crippen LogP contribution in [0.5, 0.6) is 0 Å². The Morgan fingerprint density at radius 1 is 0.838 bits per heavy atom. The number of hydrogen-bond donors (Lipinski definition) is 3. The maximum atomic E-state index is 14.8. The van der Waals surface area contributed by atoms with Gasteiger partial charge in [-0.15, -0.1) is 0 Å². The Kier molecular flexibility index (Phi) is 27.5. The molecular formula is C62H103N5O13. The van der Waals surface area contributed by atoms with E-state index in [1.165, 1.54) is 4.90 Å². The minimum atomic E-state index is -2.41. The van der Waals surface area contributed by atoms with Crippen molar-refractivity contribution in [2.45, 2.75) is 193 Å². The highest BCUT2D eigenvalue weighted by molar-refractivity contribution is 6.39. The van der Waals surface area contributed by atoms with Gasteiger partial charge in [0.2, 0.25) is 5.79 Å². The van der Waals surface area contributed by atoms with E-state index in [0.29, 0.717) is 63.5 Å². The molecule has 16 atom stereocenters. The van der Waals surface area contributed by atoms with E-state index in [9.17, 15) is 29.4 Å². The maximum Gasteiger partial charge on any atom is 0.407 e. The van der Waals surface area contributed by atoms with Gasteiger partial charge in [-0.3, -0.25) is 14.6 Å². The number of nitrogens with zero attached hydrogens (tertiary/aromatic N) is 4. The molecule has 0 aromatic carbocycles. The molecule has 4 heterocycles. The molecule has 4 aliphatic heterocycles. The Labute approximate surface area is 479 Å². The van der Waals surface area contributed by atoms with Crippen molar-refractivity contribution in [3.05, 3.63) is 47.6 Å². The van der Waals surface area contributed by atoms with Crippen molar-refractivity contribution in [1.82, 2.24) is 20.0 Å². The van der Waals surface area contributed by atoms with E-state index >= 15 is 0 Å². The normalized spacial score (nSPS) is 38.0. The molecule has 4 fully saturated rings. The SMILES string of the molecule is C/N=C1/[C@H](C)C[C@H](C)/C=C/C=C/C=C(\C)[C@@H](OC)C[C@@H]2CC[C@@H](C)[C@@](O)(O2)C(=O)C(=O)N2CCCC[C@H]2C(=O)O[C@H]([C@H](C)C[C@@H]2CC[C@@H](OC(=O)NCCCN3CCN(C)CC3)[C@H](OC)C2)C[C@@H](OC)[C@H](C)/C=C(\C)[C@@H](O)[C@H]1OC. The lowest BCUT2D eigenvalue weighted by atomic mass is 9.78. The molecule has 5 rings (SSSR count). The molecule has 80 heavy (non-hydrogen) atoms. The zero-order valence-corrected chi connectivity index (χ0v) is 50.9. The highest BCUT2D eigenvalue weighted by Crippen LogP contribution is 2.38. The number of aliphatic hydroxyl groups excluding tert-OH is 1. The fourth-order valence-electron chi connectivity index (χ4n) is 12.8. The second-order valence-electron chi connectivity index (χ2n) is 24.0. The largest absolute Gasteiger partial charge is 0.460 e. The lowest BCUT2D eigenvalue weighted by Crippen LogP contribution is -2.61. The fraction of sp³-hybridized carbons (Fsp3) is 0.790. The van der Waals surface area contributed by atoms with Crippen LogP contribution in [0.3, 0.4) is 0 Å². The van der Waals surface area contributed by atoms with Crippen molar-refractivity contribution in [1.29, 1.82) is 0 Å². The number of fused-ring (bicyclic) bond motifs is 3. The molecule has 0 aromatic rings. The second-order valence-corrected chi connectivity index (χ2v) is 24.0. The van der Waals surface area contributed by atoms with Gasteiger partial charge in [0.1, 0.15) is 30.5 Å². The lowest BCUT2D eigenvalue weighted by molar-refractivity contribution is -0.265. The van der Waals surface area contributed by atoms with Crippen molar-refractivity contribution in [3.8, 4) is 0 Å². The number of amides is 2. The van der Waals surface area contributed by atoms with Crippen LogP contribution in [0.25, 0.3) is 0 Å². The van der Waals surface area contributed by atoms with Gasteiger partial charge in [0, 0.05) is 105 Å². The van der Waals surface area contributed by atoms with Crippen molar-refractivity contribution < 1.29 is 62.5 Å². The fourth-order valence-corrected chi connectivity index (χ4v) is 12.8. The van der Waals surface area contributed by atoms with E-state index in [0.717, 1.165) is 63.3 Å². The summed E-state index contributed by atoms with van der Waals surface area (Å²) < 4.78 is 43.0. The van der Waals surface area contributed by atoms with Gasteiger partial charge in [0.05, 0.1) is 24.4 Å². The maximum absolute atomic E-state index is 14.8. The Morgan fingerprint density at radius 3 is 2.24 bits per heavy atom. The number of esters is 1. The zero-order chi connectivity index (χ0) is 58.7. The summed E-state index contributed by atoms with van der Waals surface area (Å²) in [5, 5.41) is 27.0. The molecule has 2 amide bonds. The number of aliphatic hydroxyl groups is 2. The summed E-state index contributed by atoms with van der Waals surface area (Å²) in [7, 11) is 10.3. The number of carbonyl (C=O) groups excluding carboxylic acids is 4. The van der Waals surface area contributed by atoms with Crippen LogP contribution >= 0.6 is 0 Å². The van der Waals surface area contributed by atoms with Gasteiger partial charge >= 0.3 is 12.1 Å². The van der Waals surface area contributed by atoms with E-state index in [1.54, 1.807) is 42.4 Å². The summed E-state index contributed by atoms with van der Waals surface area (Å²) in [6.45, 7) is 19.6. The minimum Gasteiger partial charge on any atom is -0.460 e. The number of piperidine rings is 1. The van der Waals surface area contributed by atoms with Crippen LogP contribution in [0.2, 0.25) is 0 Å². The zero-order valence-electron chi connectivity index (χ0n) is 50.9. The monoisotopic (exact) mass is 1130 g/mol. The molecule has 5 aliphatic rings. The van der Waals surface area contributed by atoms with Crippen molar-refractivity contribution in [2.24, 2.45) is 40.5 Å². The van der Waals surface area contributed by atoms with E-state index in [2.05, 4.69) is 54.0 Å². The Balaban J connectivity index is 1.41. The van der Waals surface area contributed by atoms with Crippen LogP contribution in [-0.4, -0.2) is 203 Å². The number of piperazine rings is 1. The molecule has 3 N–H and O–H groups in total. The van der Waals surface area contributed by atoms with Crippen LogP contribution in [0.15, 0.2) is 52.6 Å². The number of ketones is 1. The number of Topliss-reactive ketones (excluding diaryl/α,β-unsaturated/α-hetero) is 1. The molecule has 454 valence electrons. The van der Waals surface area contributed by atoms with E-state index in [1.807, 2.05) is 51.2 Å². The third-order valence-electron chi connectivity index (χ3n) is 18.0. The molecule has 2 bridgehead atoms. The van der Waals surface area contributed by atoms with E-state index in [-0.39, 0.29) is 55.1 Å². The number of carbonyl (C=O) groups is 4. The third-order valence-corrected chi connectivity index (χ3v) is 18.0. The lowest BCUT2D eigenvalue weighted by Gasteiger charge is -2.43. The summed E-state index contributed by atoms with van der Waals surface area (Å²) >= 11 is 0. The van der Waals surface area contributed by atoms with Gasteiger partial charge in [-0.05, 0) is 133 Å². The molecule has 0 unspecified atom stereocenters. The van der Waals surface area contributed by atoms with Gasteiger partial charge in [-0.25, -0.2) is 9.59 Å². The van der Waals surface area contributed by atoms with Crippen LogP contribution in [0.1, 0.15) is 132 Å². The summed E-state index contributed by atoms with van der Waals surface area (Å²) in [6.07, 6.45) is 14.2. The Hall–Kier alpha value is -3.85. The predicted octanol–water partition coefficient (Wildman–Crippen LogP) is 7.50. The number of rotatable bonds is 12. The molecule has 1 saturated carbocycles. The number of methoxy groups -OCH3 is 4. The number of cyclic esters (lactones) is 1. The van der Waals surface area contributed by atoms with Crippen LogP contribution in [-0.2, 0) is 47.5 Å². The van der Waals surface area contributed by atoms with Crippen LogP contribution in [0.4, 0.5) is 4.79 Å². The standard InChI is InChI=1S/C62H103N5O13/c1-40-20-15-14-16-21-41(2)51(74-10)38-48-25-23-46(7)62(73,80-48)58(69)59(70)67-29-18-17-22-49(67)60(71)78-53(39-52(75-11)42(3)35-45(6)56(68)57(77-13)55(63-8)44(5)34-40)43(4)36-47-24-26-50(54(37-47)76-12)79-61(72)64-27-19-28-66-32-30-65(9)31-33-66/h14-16,20-21,35,40,42-44,46-54,56-57,68,73H,17-19,22-34,36-39H2,1-13H3,(H,64,72)/b16-14+,20-15+,41-21+,45-35+,63-55-/t40-,42-,43-,44-,46-,47+,48+,49+,50-,51+,52-,53+,54-,56-,57+,62-/m1/s1. The van der Waals surface area contributed by atoms with Crippen LogP contribution < -0.4 is 5.32 Å². The van der Waals surface area contributed by atoms with Crippen molar-refractivity contribution in [2.75, 3.05) is 88.3 Å². The van der Waals surface area contributed by atoms with Gasteiger partial charge in [0.15, 0.2) is 0 Å². The molecule has 1 aliphatic carbocycles. The highest BCUT2D eigenvalue weighted by atomic mass is 16.6. The Bertz CT molecular complexity index is 2130. The van der Waals surface area contributed by atoms with E-state index < -0.39 is 84.2 Å². The summed E-state index contributed by atoms with van der Waals surface area (Å²) in [6, 6.07) is -1.08. The second kappa shape index (κ2) is 32.9. The summed E-state index contributed by atoms with van der Waals surface area (Å²) in [4.78, 5) is 67.6. The molecule has 18 heteroatoms. The van der Waals surface area contributed by atoms with E-state index in [4.69, 9.17) is 33.2 Å². The molecule has 0 aromatic heterocycles. The predicted molar refractivity (Wildman–Crippen MR) is 310 cm³/mol. The van der Waals surface area contributed by atoms with Crippen molar-refractivity contribution >= 4 is 29.5 Å². The molecule has 0 spiro atoms. The first kappa shape index (κ1) is 66.9. The third kappa shape index (κ3) is 18.8. The molecule has 0 radical (unpaired) electrons. The number of allylic oxidation sites excluding steroid dienone is 5. The number of aliphatic imine (C=N–C) groups is 1. The first-order valence-corrected chi connectivity index (χ1v) is 29.9. The average molecular weight is 1130 g/mol. The molecular weight excluding hydrogens is 1020 g/mol. The first-order valence-electron chi connectivity index (χ1n) is 29.9. The smallest absolute Gasteiger partial charge is 0.407 e. The number of ether oxygens (including phenoxy) is 7. The number of hydrogen-bond acceptors (Lipinski definition) is 16. The molecule has 18 nitrogen and oxygen atoms in total. The first-order chi connectivity index (χ1) is 38.2. The van der Waals surface area contributed by atoms with Gasteiger partial charge in [-0.2, -0.15) is 0 Å².